The van der Waals surface area contributed by atoms with Crippen molar-refractivity contribution in [3.8, 4) is 0 Å². The molecule has 0 N–H and O–H groups in total. The van der Waals surface area contributed by atoms with Gasteiger partial charge in [-0.3, -0.25) is 9.69 Å². The summed E-state index contributed by atoms with van der Waals surface area (Å²) < 4.78 is 0. The molecule has 5 heteroatoms. The van der Waals surface area contributed by atoms with Gasteiger partial charge in [-0.15, -0.1) is 11.3 Å². The van der Waals surface area contributed by atoms with Gasteiger partial charge in [0.2, 0.25) is 5.91 Å². The lowest BCUT2D eigenvalue weighted by Crippen LogP contribution is -2.49. The minimum absolute atomic E-state index is 0.209. The monoisotopic (exact) mass is 309 g/mol. The van der Waals surface area contributed by atoms with Crippen molar-refractivity contribution in [2.75, 3.05) is 26.2 Å². The van der Waals surface area contributed by atoms with Crippen molar-refractivity contribution in [2.24, 2.45) is 5.92 Å². The van der Waals surface area contributed by atoms with Crippen molar-refractivity contribution in [1.82, 2.24) is 14.8 Å². The zero-order valence-corrected chi connectivity index (χ0v) is 14.5. The first-order chi connectivity index (χ1) is 10.0. The van der Waals surface area contributed by atoms with Crippen LogP contribution in [0.4, 0.5) is 0 Å². The van der Waals surface area contributed by atoms with Gasteiger partial charge in [-0.25, -0.2) is 4.98 Å². The van der Waals surface area contributed by atoms with Gasteiger partial charge < -0.3 is 4.90 Å². The van der Waals surface area contributed by atoms with Crippen LogP contribution in [0.15, 0.2) is 0 Å². The quantitative estimate of drug-likeness (QED) is 0.839. The summed E-state index contributed by atoms with van der Waals surface area (Å²) in [6, 6.07) is 0. The van der Waals surface area contributed by atoms with Gasteiger partial charge in [0.05, 0.1) is 12.2 Å². The van der Waals surface area contributed by atoms with Gasteiger partial charge in [-0.1, -0.05) is 13.8 Å². The van der Waals surface area contributed by atoms with E-state index in [4.69, 9.17) is 0 Å². The number of carbonyl (C=O) groups excluding carboxylic acids is 1. The van der Waals surface area contributed by atoms with Gasteiger partial charge in [0.1, 0.15) is 5.01 Å². The Bertz CT molecular complexity index is 454. The first kappa shape index (κ1) is 16.4. The molecule has 0 bridgehead atoms. The number of aromatic nitrogens is 1. The maximum Gasteiger partial charge on any atom is 0.225 e. The fraction of sp³-hybridized carbons (Fsp3) is 0.750. The maximum atomic E-state index is 12.4. The molecule has 1 fully saturated rings. The van der Waals surface area contributed by atoms with E-state index in [1.54, 1.807) is 11.3 Å². The fourth-order valence-electron chi connectivity index (χ4n) is 2.82. The number of thiazole rings is 1. The second kappa shape index (κ2) is 7.36. The predicted octanol–water partition coefficient (Wildman–Crippen LogP) is 2.84. The van der Waals surface area contributed by atoms with Crippen molar-refractivity contribution < 1.29 is 4.79 Å². The van der Waals surface area contributed by atoms with Gasteiger partial charge in [-0.2, -0.15) is 0 Å². The molecule has 1 aliphatic rings. The smallest absolute Gasteiger partial charge is 0.225 e. The molecule has 2 rings (SSSR count). The number of amides is 1. The van der Waals surface area contributed by atoms with Crippen molar-refractivity contribution in [2.45, 2.75) is 47.1 Å². The molecule has 0 atom stereocenters. The van der Waals surface area contributed by atoms with Crippen molar-refractivity contribution in [1.29, 1.82) is 0 Å². The van der Waals surface area contributed by atoms with Crippen LogP contribution in [0, 0.1) is 19.8 Å². The Hall–Kier alpha value is -0.940. The topological polar surface area (TPSA) is 36.4 Å². The largest absolute Gasteiger partial charge is 0.340 e. The van der Waals surface area contributed by atoms with E-state index >= 15 is 0 Å². The molecule has 0 aliphatic carbocycles. The average Bonchev–Trinajstić information content (AvgIpc) is 2.79. The maximum absolute atomic E-state index is 12.4. The number of hydrogen-bond donors (Lipinski definition) is 0. The first-order valence-corrected chi connectivity index (χ1v) is 8.80. The lowest BCUT2D eigenvalue weighted by Gasteiger charge is -2.35. The molecule has 4 nitrogen and oxygen atoms in total. The minimum atomic E-state index is 0.209. The zero-order chi connectivity index (χ0) is 15.4. The van der Waals surface area contributed by atoms with Gasteiger partial charge in [-0.05, 0) is 26.7 Å². The van der Waals surface area contributed by atoms with Gasteiger partial charge in [0.15, 0.2) is 0 Å². The van der Waals surface area contributed by atoms with Crippen LogP contribution in [-0.4, -0.2) is 46.9 Å². The standard InChI is InChI=1S/C16H27N3OS/c1-5-14(6-2)16(20)19-9-7-18(8-10-19)11-15-17-12(3)13(4)21-15/h14H,5-11H2,1-4H3. The number of aryl methyl sites for hydroxylation is 2. The molecule has 1 aromatic rings. The molecule has 0 radical (unpaired) electrons. The molecule has 1 amide bonds. The molecular formula is C16H27N3OS. The van der Waals surface area contributed by atoms with Crippen molar-refractivity contribution in [3.05, 3.63) is 15.6 Å². The van der Waals surface area contributed by atoms with E-state index in [2.05, 4.69) is 37.6 Å². The SMILES string of the molecule is CCC(CC)C(=O)N1CCN(Cc2nc(C)c(C)s2)CC1. The highest BCUT2D eigenvalue weighted by molar-refractivity contribution is 7.11. The number of nitrogens with zero attached hydrogens (tertiary/aromatic N) is 3. The van der Waals surface area contributed by atoms with Crippen LogP contribution in [-0.2, 0) is 11.3 Å². The van der Waals surface area contributed by atoms with E-state index < -0.39 is 0 Å². The van der Waals surface area contributed by atoms with Gasteiger partial charge >= 0.3 is 0 Å². The van der Waals surface area contributed by atoms with Crippen LogP contribution in [0.25, 0.3) is 0 Å². The lowest BCUT2D eigenvalue weighted by molar-refractivity contribution is -0.137. The Morgan fingerprint density at radius 2 is 1.81 bits per heavy atom. The molecule has 21 heavy (non-hydrogen) atoms. The number of hydrogen-bond acceptors (Lipinski definition) is 4. The van der Waals surface area contributed by atoms with Crippen LogP contribution >= 0.6 is 11.3 Å². The molecule has 1 aliphatic heterocycles. The summed E-state index contributed by atoms with van der Waals surface area (Å²) in [5.74, 6) is 0.557. The summed E-state index contributed by atoms with van der Waals surface area (Å²) in [4.78, 5) is 22.8. The number of piperazine rings is 1. The van der Waals surface area contributed by atoms with Gasteiger partial charge in [0, 0.05) is 37.0 Å². The highest BCUT2D eigenvalue weighted by Gasteiger charge is 2.25. The molecule has 0 aromatic carbocycles. The number of carbonyl (C=O) groups is 1. The molecule has 118 valence electrons. The highest BCUT2D eigenvalue weighted by Crippen LogP contribution is 2.19. The van der Waals surface area contributed by atoms with Crippen molar-refractivity contribution in [3.63, 3.8) is 0 Å². The molecule has 0 saturated carbocycles. The summed E-state index contributed by atoms with van der Waals surface area (Å²) in [5.41, 5.74) is 1.15. The third-order valence-corrected chi connectivity index (χ3v) is 5.51. The molecule has 0 spiro atoms. The lowest BCUT2D eigenvalue weighted by atomic mass is 10.0. The number of rotatable bonds is 5. The Kier molecular flexibility index (Phi) is 5.76. The molecule has 0 unspecified atom stereocenters. The Labute approximate surface area is 132 Å². The van der Waals surface area contributed by atoms with Crippen molar-refractivity contribution >= 4 is 17.2 Å². The van der Waals surface area contributed by atoms with Crippen LogP contribution in [0.1, 0.15) is 42.3 Å². The normalized spacial score (nSPS) is 16.7. The second-order valence-electron chi connectivity index (χ2n) is 5.86. The molecular weight excluding hydrogens is 282 g/mol. The van der Waals surface area contributed by atoms with E-state index in [9.17, 15) is 4.79 Å². The van der Waals surface area contributed by atoms with E-state index in [0.29, 0.717) is 5.91 Å². The second-order valence-corrected chi connectivity index (χ2v) is 7.15. The summed E-state index contributed by atoms with van der Waals surface area (Å²) >= 11 is 1.79. The van der Waals surface area contributed by atoms with E-state index in [0.717, 1.165) is 51.3 Å². The Morgan fingerprint density at radius 3 is 2.29 bits per heavy atom. The van der Waals surface area contributed by atoms with E-state index in [1.165, 1.54) is 9.88 Å². The third-order valence-electron chi connectivity index (χ3n) is 4.45. The molecule has 1 saturated heterocycles. The predicted molar refractivity (Wildman–Crippen MR) is 87.5 cm³/mol. The molecule has 1 aromatic heterocycles. The summed E-state index contributed by atoms with van der Waals surface area (Å²) in [7, 11) is 0. The van der Waals surface area contributed by atoms with Crippen LogP contribution in [0.5, 0.6) is 0 Å². The minimum Gasteiger partial charge on any atom is -0.340 e. The zero-order valence-electron chi connectivity index (χ0n) is 13.7. The average molecular weight is 309 g/mol. The summed E-state index contributed by atoms with van der Waals surface area (Å²) in [6.45, 7) is 13.0. The molecule has 2 heterocycles. The fourth-order valence-corrected chi connectivity index (χ4v) is 3.80. The van der Waals surface area contributed by atoms with Crippen LogP contribution in [0.3, 0.4) is 0 Å². The van der Waals surface area contributed by atoms with Crippen LogP contribution in [0.2, 0.25) is 0 Å². The third kappa shape index (κ3) is 4.04. The first-order valence-electron chi connectivity index (χ1n) is 7.99. The summed E-state index contributed by atoms with van der Waals surface area (Å²) in [6.07, 6.45) is 1.90. The summed E-state index contributed by atoms with van der Waals surface area (Å²) in [5, 5.41) is 1.20. The van der Waals surface area contributed by atoms with Gasteiger partial charge in [0.25, 0.3) is 0 Å². The Morgan fingerprint density at radius 1 is 1.19 bits per heavy atom. The van der Waals surface area contributed by atoms with E-state index in [1.807, 2.05) is 4.90 Å². The van der Waals surface area contributed by atoms with E-state index in [-0.39, 0.29) is 5.92 Å². The Balaban J connectivity index is 1.84. The van der Waals surface area contributed by atoms with Crippen LogP contribution < -0.4 is 0 Å². The highest BCUT2D eigenvalue weighted by atomic mass is 32.1.